The van der Waals surface area contributed by atoms with Gasteiger partial charge in [-0.05, 0) is 47.9 Å². The molecule has 0 fully saturated rings. The second kappa shape index (κ2) is 10.3. The molecule has 3 aromatic rings. The predicted molar refractivity (Wildman–Crippen MR) is 125 cm³/mol. The lowest BCUT2D eigenvalue weighted by Crippen LogP contribution is -2.23. The molecule has 0 aliphatic heterocycles. The van der Waals surface area contributed by atoms with Gasteiger partial charge in [0.1, 0.15) is 12.4 Å². The molecule has 0 atom stereocenters. The third-order valence-corrected chi connectivity index (χ3v) is 5.41. The minimum absolute atomic E-state index is 0.0241. The zero-order valence-corrected chi connectivity index (χ0v) is 18.6. The monoisotopic (exact) mass is 440 g/mol. The van der Waals surface area contributed by atoms with Gasteiger partial charge in [-0.25, -0.2) is 8.42 Å². The van der Waals surface area contributed by atoms with Gasteiger partial charge in [0, 0.05) is 18.8 Å². The molecular weight excluding hydrogens is 412 g/mol. The van der Waals surface area contributed by atoms with Crippen LogP contribution in [0.5, 0.6) is 5.75 Å². The zero-order chi connectivity index (χ0) is 22.3. The third-order valence-electron chi connectivity index (χ3n) is 4.81. The number of aliphatic hydroxyl groups excluding tert-OH is 1. The SMILES string of the molecule is Cc1c(NS(C)(=O)=O)cccc1N(Cc1ccccc1)Cc1ccc(OCCO)cc1. The summed E-state index contributed by atoms with van der Waals surface area (Å²) < 4.78 is 31.6. The fourth-order valence-corrected chi connectivity index (χ4v) is 4.00. The van der Waals surface area contributed by atoms with E-state index in [2.05, 4.69) is 21.8 Å². The number of anilines is 2. The highest BCUT2D eigenvalue weighted by molar-refractivity contribution is 7.92. The number of sulfonamides is 1. The van der Waals surface area contributed by atoms with E-state index in [0.717, 1.165) is 28.6 Å². The zero-order valence-electron chi connectivity index (χ0n) is 17.8. The van der Waals surface area contributed by atoms with E-state index in [1.165, 1.54) is 0 Å². The van der Waals surface area contributed by atoms with Crippen LogP contribution in [0.4, 0.5) is 11.4 Å². The van der Waals surface area contributed by atoms with Crippen molar-refractivity contribution in [3.63, 3.8) is 0 Å². The van der Waals surface area contributed by atoms with Gasteiger partial charge in [-0.15, -0.1) is 0 Å². The van der Waals surface area contributed by atoms with Crippen molar-refractivity contribution in [3.05, 3.63) is 89.5 Å². The summed E-state index contributed by atoms with van der Waals surface area (Å²) in [5, 5.41) is 8.91. The summed E-state index contributed by atoms with van der Waals surface area (Å²) in [6, 6.07) is 23.6. The summed E-state index contributed by atoms with van der Waals surface area (Å²) in [6.07, 6.45) is 1.15. The molecule has 0 aliphatic rings. The molecule has 3 rings (SSSR count). The lowest BCUT2D eigenvalue weighted by Gasteiger charge is -2.28. The molecule has 0 spiro atoms. The minimum atomic E-state index is -3.37. The maximum atomic E-state index is 11.8. The smallest absolute Gasteiger partial charge is 0.229 e. The van der Waals surface area contributed by atoms with Crippen LogP contribution in [0.1, 0.15) is 16.7 Å². The number of rotatable bonds is 10. The van der Waals surface area contributed by atoms with Crippen LogP contribution in [0.25, 0.3) is 0 Å². The van der Waals surface area contributed by atoms with Crippen LogP contribution in [0, 0.1) is 6.92 Å². The van der Waals surface area contributed by atoms with Gasteiger partial charge in [0.2, 0.25) is 10.0 Å². The molecule has 0 unspecified atom stereocenters. The summed E-state index contributed by atoms with van der Waals surface area (Å²) >= 11 is 0. The maximum Gasteiger partial charge on any atom is 0.229 e. The first kappa shape index (κ1) is 22.7. The van der Waals surface area contributed by atoms with Gasteiger partial charge < -0.3 is 14.7 Å². The van der Waals surface area contributed by atoms with Crippen LogP contribution in [0.3, 0.4) is 0 Å². The summed E-state index contributed by atoms with van der Waals surface area (Å²) in [5.74, 6) is 0.711. The van der Waals surface area contributed by atoms with Crippen LogP contribution in [-0.4, -0.2) is 33.0 Å². The van der Waals surface area contributed by atoms with Crippen molar-refractivity contribution in [2.75, 3.05) is 29.1 Å². The molecule has 6 nitrogen and oxygen atoms in total. The van der Waals surface area contributed by atoms with Gasteiger partial charge in [0.15, 0.2) is 0 Å². The summed E-state index contributed by atoms with van der Waals surface area (Å²) in [6.45, 7) is 3.47. The first-order valence-corrected chi connectivity index (χ1v) is 11.9. The Morgan fingerprint density at radius 3 is 2.16 bits per heavy atom. The number of hydrogen-bond acceptors (Lipinski definition) is 5. The van der Waals surface area contributed by atoms with Crippen LogP contribution < -0.4 is 14.4 Å². The van der Waals surface area contributed by atoms with E-state index in [1.54, 1.807) is 6.07 Å². The van der Waals surface area contributed by atoms with E-state index in [-0.39, 0.29) is 13.2 Å². The minimum Gasteiger partial charge on any atom is -0.491 e. The van der Waals surface area contributed by atoms with Crippen LogP contribution >= 0.6 is 0 Å². The first-order valence-electron chi connectivity index (χ1n) is 10.0. The number of nitrogens with zero attached hydrogens (tertiary/aromatic N) is 1. The molecule has 0 aromatic heterocycles. The normalized spacial score (nSPS) is 11.2. The summed E-state index contributed by atoms with van der Waals surface area (Å²) in [5.41, 5.74) is 4.65. The Morgan fingerprint density at radius 1 is 0.903 bits per heavy atom. The molecule has 0 bridgehead atoms. The molecule has 0 amide bonds. The van der Waals surface area contributed by atoms with E-state index in [4.69, 9.17) is 9.84 Å². The van der Waals surface area contributed by atoms with Crippen molar-refractivity contribution in [1.29, 1.82) is 0 Å². The number of nitrogens with one attached hydrogen (secondary N) is 1. The van der Waals surface area contributed by atoms with Crippen LogP contribution in [0.2, 0.25) is 0 Å². The van der Waals surface area contributed by atoms with Gasteiger partial charge in [-0.3, -0.25) is 4.72 Å². The molecular formula is C24H28N2O4S. The Bertz CT molecular complexity index is 1080. The van der Waals surface area contributed by atoms with E-state index >= 15 is 0 Å². The van der Waals surface area contributed by atoms with Gasteiger partial charge in [0.25, 0.3) is 0 Å². The van der Waals surface area contributed by atoms with E-state index in [0.29, 0.717) is 24.5 Å². The Morgan fingerprint density at radius 2 is 1.55 bits per heavy atom. The first-order chi connectivity index (χ1) is 14.9. The average Bonchev–Trinajstić information content (AvgIpc) is 2.74. The topological polar surface area (TPSA) is 78.9 Å². The largest absolute Gasteiger partial charge is 0.491 e. The number of benzene rings is 3. The maximum absolute atomic E-state index is 11.8. The van der Waals surface area contributed by atoms with Gasteiger partial charge in [-0.1, -0.05) is 48.5 Å². The highest BCUT2D eigenvalue weighted by Crippen LogP contribution is 2.30. The molecule has 0 aliphatic carbocycles. The molecule has 0 radical (unpaired) electrons. The number of hydrogen-bond donors (Lipinski definition) is 2. The summed E-state index contributed by atoms with van der Waals surface area (Å²) in [7, 11) is -3.37. The predicted octanol–water partition coefficient (Wildman–Crippen LogP) is 3.94. The van der Waals surface area contributed by atoms with E-state index in [9.17, 15) is 8.42 Å². The van der Waals surface area contributed by atoms with Crippen molar-refractivity contribution in [3.8, 4) is 5.75 Å². The van der Waals surface area contributed by atoms with Crippen LogP contribution in [0.15, 0.2) is 72.8 Å². The Kier molecular flexibility index (Phi) is 7.55. The second-order valence-corrected chi connectivity index (χ2v) is 9.13. The molecule has 0 saturated carbocycles. The number of ether oxygens (including phenoxy) is 1. The van der Waals surface area contributed by atoms with Gasteiger partial charge in [-0.2, -0.15) is 0 Å². The molecule has 3 aromatic carbocycles. The lowest BCUT2D eigenvalue weighted by atomic mass is 10.1. The van der Waals surface area contributed by atoms with Crippen molar-refractivity contribution in [1.82, 2.24) is 0 Å². The fourth-order valence-electron chi connectivity index (χ4n) is 3.38. The Labute approximate surface area is 184 Å². The van der Waals surface area contributed by atoms with Crippen molar-refractivity contribution >= 4 is 21.4 Å². The summed E-state index contributed by atoms with van der Waals surface area (Å²) in [4.78, 5) is 2.22. The Balaban J connectivity index is 1.91. The molecule has 0 saturated heterocycles. The second-order valence-electron chi connectivity index (χ2n) is 7.38. The van der Waals surface area contributed by atoms with E-state index in [1.807, 2.05) is 61.5 Å². The van der Waals surface area contributed by atoms with Gasteiger partial charge >= 0.3 is 0 Å². The molecule has 0 heterocycles. The quantitative estimate of drug-likeness (QED) is 0.499. The van der Waals surface area contributed by atoms with Crippen LogP contribution in [-0.2, 0) is 23.1 Å². The highest BCUT2D eigenvalue weighted by atomic mass is 32.2. The molecule has 164 valence electrons. The van der Waals surface area contributed by atoms with Gasteiger partial charge in [0.05, 0.1) is 18.6 Å². The molecule has 2 N–H and O–H groups in total. The highest BCUT2D eigenvalue weighted by Gasteiger charge is 2.15. The van der Waals surface area contributed by atoms with Crippen molar-refractivity contribution < 1.29 is 18.3 Å². The fraction of sp³-hybridized carbons (Fsp3) is 0.250. The third kappa shape index (κ3) is 6.73. The molecule has 31 heavy (non-hydrogen) atoms. The Hall–Kier alpha value is -3.03. The average molecular weight is 441 g/mol. The van der Waals surface area contributed by atoms with Crippen molar-refractivity contribution in [2.45, 2.75) is 20.0 Å². The number of aliphatic hydroxyl groups is 1. The molecule has 7 heteroatoms. The van der Waals surface area contributed by atoms with E-state index < -0.39 is 10.0 Å². The standard InChI is InChI=1S/C24H28N2O4S/c1-19-23(25-31(2,28)29)9-6-10-24(19)26(17-20-7-4-3-5-8-20)18-21-11-13-22(14-12-21)30-16-15-27/h3-14,25,27H,15-18H2,1-2H3. The lowest BCUT2D eigenvalue weighted by molar-refractivity contribution is 0.201. The van der Waals surface area contributed by atoms with Crippen molar-refractivity contribution in [2.24, 2.45) is 0 Å².